The normalized spacial score (nSPS) is 17.7. The molecule has 0 bridgehead atoms. The minimum absolute atomic E-state index is 0.0465. The lowest BCUT2D eigenvalue weighted by Gasteiger charge is -2.33. The number of ether oxygens (including phenoxy) is 2. The van der Waals surface area contributed by atoms with Gasteiger partial charge in [-0.15, -0.1) is 0 Å². The maximum atomic E-state index is 12.0. The highest BCUT2D eigenvalue weighted by Crippen LogP contribution is 2.37. The molecular formula is C28H28N6O4. The molecule has 10 nitrogen and oxygen atoms in total. The number of aromatic nitrogens is 5. The Kier molecular flexibility index (Phi) is 6.26. The predicted molar refractivity (Wildman–Crippen MR) is 142 cm³/mol. The molecule has 1 fully saturated rings. The van der Waals surface area contributed by atoms with Crippen molar-refractivity contribution in [3.05, 3.63) is 78.2 Å². The van der Waals surface area contributed by atoms with Crippen molar-refractivity contribution in [2.45, 2.75) is 25.1 Å². The van der Waals surface area contributed by atoms with Gasteiger partial charge in [0.1, 0.15) is 23.3 Å². The van der Waals surface area contributed by atoms with Gasteiger partial charge in [0, 0.05) is 56.9 Å². The number of carboxylic acids is 1. The Bertz CT molecular complexity index is 1560. The van der Waals surface area contributed by atoms with Crippen LogP contribution in [0.5, 0.6) is 0 Å². The van der Waals surface area contributed by atoms with Gasteiger partial charge in [-0.05, 0) is 24.1 Å². The molecule has 6 rings (SSSR count). The van der Waals surface area contributed by atoms with E-state index in [0.29, 0.717) is 25.5 Å². The van der Waals surface area contributed by atoms with Crippen molar-refractivity contribution in [2.24, 2.45) is 0 Å². The summed E-state index contributed by atoms with van der Waals surface area (Å²) in [5.74, 6) is 0.474. The summed E-state index contributed by atoms with van der Waals surface area (Å²) in [6.45, 7) is 1.81. The molecule has 0 saturated carbocycles. The second-order valence-corrected chi connectivity index (χ2v) is 9.47. The van der Waals surface area contributed by atoms with Gasteiger partial charge in [0.25, 0.3) is 0 Å². The van der Waals surface area contributed by atoms with Crippen LogP contribution in [0.15, 0.2) is 67.1 Å². The molecule has 3 aliphatic heterocycles. The lowest BCUT2D eigenvalue weighted by atomic mass is 10.0. The summed E-state index contributed by atoms with van der Waals surface area (Å²) in [6, 6.07) is 16.1. The van der Waals surface area contributed by atoms with Gasteiger partial charge in [-0.2, -0.15) is 9.61 Å². The van der Waals surface area contributed by atoms with E-state index in [-0.39, 0.29) is 23.4 Å². The zero-order valence-corrected chi connectivity index (χ0v) is 21.2. The van der Waals surface area contributed by atoms with Crippen LogP contribution in [-0.2, 0) is 16.0 Å². The number of carboxylic acid groups (broad SMARTS) is 1. The van der Waals surface area contributed by atoms with Crippen LogP contribution < -0.4 is 4.90 Å². The van der Waals surface area contributed by atoms with Crippen molar-refractivity contribution in [3.63, 3.8) is 0 Å². The SMILES string of the molecule is CO[C@H]1COCC[C@@H]1n1cccc2c(-c3cc(N(C)Cc4ccccc4)n4ncc(C(=O)O)c4n3)cnc1-2. The number of methoxy groups -OCH3 is 1. The summed E-state index contributed by atoms with van der Waals surface area (Å²) in [7, 11) is 3.66. The number of hydrogen-bond donors (Lipinski definition) is 1. The molecule has 1 aromatic carbocycles. The van der Waals surface area contributed by atoms with E-state index in [4.69, 9.17) is 19.4 Å². The maximum absolute atomic E-state index is 12.0. The minimum atomic E-state index is -1.07. The van der Waals surface area contributed by atoms with Gasteiger partial charge in [-0.25, -0.2) is 14.8 Å². The number of anilines is 1. The third-order valence-electron chi connectivity index (χ3n) is 7.14. The maximum Gasteiger partial charge on any atom is 0.341 e. The molecule has 194 valence electrons. The molecule has 2 atom stereocenters. The monoisotopic (exact) mass is 512 g/mol. The molecule has 0 unspecified atom stereocenters. The Morgan fingerprint density at radius 1 is 1.18 bits per heavy atom. The third-order valence-corrected chi connectivity index (χ3v) is 7.14. The topological polar surface area (TPSA) is 107 Å². The second-order valence-electron chi connectivity index (χ2n) is 9.47. The number of benzene rings is 1. The Balaban J connectivity index is 1.45. The molecule has 1 saturated heterocycles. The highest BCUT2D eigenvalue weighted by atomic mass is 16.5. The fourth-order valence-electron chi connectivity index (χ4n) is 5.22. The van der Waals surface area contributed by atoms with E-state index in [1.807, 2.05) is 54.5 Å². The molecule has 5 heterocycles. The molecule has 0 aliphatic carbocycles. The Morgan fingerprint density at radius 2 is 2.03 bits per heavy atom. The molecule has 0 radical (unpaired) electrons. The van der Waals surface area contributed by atoms with Gasteiger partial charge in [0.15, 0.2) is 5.65 Å². The van der Waals surface area contributed by atoms with Gasteiger partial charge >= 0.3 is 5.97 Å². The zero-order valence-electron chi connectivity index (χ0n) is 21.2. The Labute approximate surface area is 219 Å². The summed E-state index contributed by atoms with van der Waals surface area (Å²) >= 11 is 0. The van der Waals surface area contributed by atoms with E-state index in [0.717, 1.165) is 34.8 Å². The van der Waals surface area contributed by atoms with Gasteiger partial charge < -0.3 is 24.0 Å². The second kappa shape index (κ2) is 9.88. The molecule has 1 N–H and O–H groups in total. The molecule has 0 spiro atoms. The summed E-state index contributed by atoms with van der Waals surface area (Å²) in [6.07, 6.45) is 5.92. The number of pyridine rings is 1. The van der Waals surface area contributed by atoms with Crippen LogP contribution in [0, 0.1) is 0 Å². The van der Waals surface area contributed by atoms with Crippen molar-refractivity contribution in [1.29, 1.82) is 0 Å². The first-order valence-corrected chi connectivity index (χ1v) is 12.5. The van der Waals surface area contributed by atoms with Crippen molar-refractivity contribution in [3.8, 4) is 22.6 Å². The van der Waals surface area contributed by atoms with E-state index in [2.05, 4.69) is 21.8 Å². The van der Waals surface area contributed by atoms with Crippen LogP contribution in [0.4, 0.5) is 5.82 Å². The number of nitrogens with zero attached hydrogens (tertiary/aromatic N) is 6. The first-order chi connectivity index (χ1) is 18.5. The highest BCUT2D eigenvalue weighted by molar-refractivity contribution is 5.95. The molecule has 3 aliphatic rings. The molecular weight excluding hydrogens is 484 g/mol. The van der Waals surface area contributed by atoms with E-state index in [1.54, 1.807) is 17.8 Å². The Morgan fingerprint density at radius 3 is 2.82 bits per heavy atom. The minimum Gasteiger partial charge on any atom is -0.477 e. The van der Waals surface area contributed by atoms with Crippen molar-refractivity contribution < 1.29 is 19.4 Å². The number of hydrogen-bond acceptors (Lipinski definition) is 7. The van der Waals surface area contributed by atoms with E-state index < -0.39 is 5.97 Å². The zero-order chi connectivity index (χ0) is 26.2. The number of fused-ring (bicyclic) bond motifs is 2. The van der Waals surface area contributed by atoms with E-state index in [9.17, 15) is 9.90 Å². The summed E-state index contributed by atoms with van der Waals surface area (Å²) in [5, 5.41) is 14.2. The first-order valence-electron chi connectivity index (χ1n) is 12.5. The quantitative estimate of drug-likeness (QED) is 0.349. The number of rotatable bonds is 7. The lowest BCUT2D eigenvalue weighted by molar-refractivity contribution is -0.0600. The molecule has 3 aromatic rings. The van der Waals surface area contributed by atoms with Gasteiger partial charge in [0.2, 0.25) is 0 Å². The average molecular weight is 513 g/mol. The highest BCUT2D eigenvalue weighted by Gasteiger charge is 2.30. The number of aromatic carboxylic acids is 1. The molecule has 0 amide bonds. The van der Waals surface area contributed by atoms with Crippen LogP contribution in [0.25, 0.3) is 28.3 Å². The van der Waals surface area contributed by atoms with Crippen molar-refractivity contribution in [2.75, 3.05) is 32.3 Å². The van der Waals surface area contributed by atoms with E-state index in [1.165, 1.54) is 6.20 Å². The summed E-state index contributed by atoms with van der Waals surface area (Å²) < 4.78 is 15.1. The third kappa shape index (κ3) is 4.17. The fourth-order valence-corrected chi connectivity index (χ4v) is 5.22. The molecule has 10 heteroatoms. The van der Waals surface area contributed by atoms with Crippen LogP contribution >= 0.6 is 0 Å². The van der Waals surface area contributed by atoms with Crippen LogP contribution in [0.2, 0.25) is 0 Å². The summed E-state index contributed by atoms with van der Waals surface area (Å²) in [4.78, 5) is 23.6. The molecule has 2 aromatic heterocycles. The Hall–Kier alpha value is -4.28. The standard InChI is InChI=1S/C28H28N6O4/c1-32(16-18-7-4-3-5-8-18)25-13-22(31-27-21(28(35)36)15-30-34(25)27)20-14-29-26-19(20)9-6-11-33(26)23-10-12-38-17-24(23)37-2/h3-9,11,13-15,23-24H,10,12,16-17H2,1-2H3,(H,35,36)/t23-,24-/m0/s1. The van der Waals surface area contributed by atoms with Gasteiger partial charge in [-0.1, -0.05) is 30.3 Å². The lowest BCUT2D eigenvalue weighted by Crippen LogP contribution is -2.36. The van der Waals surface area contributed by atoms with Crippen LogP contribution in [0.1, 0.15) is 28.4 Å². The molecule has 38 heavy (non-hydrogen) atoms. The van der Waals surface area contributed by atoms with E-state index >= 15 is 0 Å². The smallest absolute Gasteiger partial charge is 0.341 e. The van der Waals surface area contributed by atoms with Crippen molar-refractivity contribution in [1.82, 2.24) is 24.1 Å². The first kappa shape index (κ1) is 24.1. The fraction of sp³-hybridized carbons (Fsp3) is 0.286. The van der Waals surface area contributed by atoms with Crippen molar-refractivity contribution >= 4 is 17.4 Å². The van der Waals surface area contributed by atoms with Gasteiger partial charge in [0.05, 0.1) is 24.5 Å². The largest absolute Gasteiger partial charge is 0.477 e. The predicted octanol–water partition coefficient (Wildman–Crippen LogP) is 4.01. The van der Waals surface area contributed by atoms with Crippen LogP contribution in [0.3, 0.4) is 0 Å². The summed E-state index contributed by atoms with van der Waals surface area (Å²) in [5.41, 5.74) is 3.84. The number of carbonyl (C=O) groups is 1. The van der Waals surface area contributed by atoms with Crippen LogP contribution in [-0.4, -0.2) is 68.7 Å². The average Bonchev–Trinajstić information content (AvgIpc) is 3.57. The van der Waals surface area contributed by atoms with Gasteiger partial charge in [-0.3, -0.25) is 0 Å².